The van der Waals surface area contributed by atoms with Crippen molar-refractivity contribution >= 4 is 11.8 Å². The normalized spacial score (nSPS) is 28.6. The molecule has 1 saturated carbocycles. The van der Waals surface area contributed by atoms with Crippen LogP contribution >= 0.6 is 11.8 Å². The molecule has 1 aliphatic rings. The van der Waals surface area contributed by atoms with Crippen LogP contribution in [0.1, 0.15) is 19.3 Å². The van der Waals surface area contributed by atoms with Gasteiger partial charge in [-0.25, -0.2) is 0 Å². The molecule has 0 spiro atoms. The minimum Gasteiger partial charge on any atom is -0.383 e. The molecule has 78 valence electrons. The van der Waals surface area contributed by atoms with E-state index in [9.17, 15) is 0 Å². The topological polar surface area (TPSA) is 12.5 Å². The minimum atomic E-state index is 0.783. The first-order chi connectivity index (χ1) is 6.29. The van der Waals surface area contributed by atoms with Gasteiger partial charge in [0, 0.05) is 24.9 Å². The lowest BCUT2D eigenvalue weighted by Crippen LogP contribution is -2.38. The highest BCUT2D eigenvalue weighted by atomic mass is 32.2. The zero-order valence-electron chi connectivity index (χ0n) is 8.95. The fraction of sp³-hybridized carbons (Fsp3) is 1.00. The summed E-state index contributed by atoms with van der Waals surface area (Å²) < 4.78 is 5.09. The van der Waals surface area contributed by atoms with Gasteiger partial charge in [0.1, 0.15) is 0 Å². The van der Waals surface area contributed by atoms with E-state index in [-0.39, 0.29) is 0 Å². The second-order valence-electron chi connectivity index (χ2n) is 3.75. The summed E-state index contributed by atoms with van der Waals surface area (Å²) in [6.45, 7) is 1.92. The second-order valence-corrected chi connectivity index (χ2v) is 4.82. The molecule has 0 N–H and O–H groups in total. The van der Waals surface area contributed by atoms with Crippen LogP contribution in [0.5, 0.6) is 0 Å². The van der Waals surface area contributed by atoms with Crippen LogP contribution in [0.25, 0.3) is 0 Å². The van der Waals surface area contributed by atoms with Crippen molar-refractivity contribution in [2.75, 3.05) is 33.6 Å². The first kappa shape index (κ1) is 11.3. The van der Waals surface area contributed by atoms with Crippen LogP contribution in [-0.4, -0.2) is 49.8 Å². The van der Waals surface area contributed by atoms with E-state index < -0.39 is 0 Å². The van der Waals surface area contributed by atoms with Crippen LogP contribution in [0.3, 0.4) is 0 Å². The molecule has 0 radical (unpaired) electrons. The molecule has 0 unspecified atom stereocenters. The number of ether oxygens (including phenoxy) is 1. The van der Waals surface area contributed by atoms with Gasteiger partial charge < -0.3 is 9.64 Å². The maximum Gasteiger partial charge on any atom is 0.0589 e. The van der Waals surface area contributed by atoms with E-state index in [1.165, 1.54) is 19.3 Å². The van der Waals surface area contributed by atoms with E-state index in [4.69, 9.17) is 4.74 Å². The summed E-state index contributed by atoms with van der Waals surface area (Å²) in [5, 5.41) is 0.849. The molecule has 2 nitrogen and oxygen atoms in total. The van der Waals surface area contributed by atoms with Crippen molar-refractivity contribution in [3.63, 3.8) is 0 Å². The molecular weight excluding hydrogens is 182 g/mol. The average molecular weight is 203 g/mol. The predicted octanol–water partition coefficient (Wildman–Crippen LogP) is 1.85. The van der Waals surface area contributed by atoms with Crippen molar-refractivity contribution in [1.82, 2.24) is 4.90 Å². The third kappa shape index (κ3) is 3.15. The van der Waals surface area contributed by atoms with Crippen molar-refractivity contribution in [1.29, 1.82) is 0 Å². The third-order valence-corrected chi connectivity index (χ3v) is 4.09. The van der Waals surface area contributed by atoms with E-state index in [1.54, 1.807) is 7.11 Å². The minimum absolute atomic E-state index is 0.783. The molecule has 3 heteroatoms. The molecule has 1 aliphatic carbocycles. The Morgan fingerprint density at radius 2 is 2.23 bits per heavy atom. The number of nitrogens with zero attached hydrogens (tertiary/aromatic N) is 1. The first-order valence-corrected chi connectivity index (χ1v) is 6.30. The van der Waals surface area contributed by atoms with Gasteiger partial charge in [-0.05, 0) is 26.1 Å². The summed E-state index contributed by atoms with van der Waals surface area (Å²) in [6, 6.07) is 0.783. The summed E-state index contributed by atoms with van der Waals surface area (Å²) in [5.41, 5.74) is 0. The van der Waals surface area contributed by atoms with Crippen LogP contribution in [0, 0.1) is 0 Å². The lowest BCUT2D eigenvalue weighted by molar-refractivity contribution is 0.141. The molecule has 0 aromatic heterocycles. The number of likely N-dealkylation sites (N-methyl/N-ethyl adjacent to an activating group) is 1. The van der Waals surface area contributed by atoms with Gasteiger partial charge in [0.15, 0.2) is 0 Å². The van der Waals surface area contributed by atoms with Gasteiger partial charge in [-0.2, -0.15) is 11.8 Å². The Hall–Kier alpha value is 0.270. The predicted molar refractivity (Wildman–Crippen MR) is 59.4 cm³/mol. The first-order valence-electron chi connectivity index (χ1n) is 5.01. The molecule has 1 fully saturated rings. The number of hydrogen-bond donors (Lipinski definition) is 0. The molecule has 0 heterocycles. The lowest BCUT2D eigenvalue weighted by Gasteiger charge is -2.28. The van der Waals surface area contributed by atoms with Crippen molar-refractivity contribution in [3.05, 3.63) is 0 Å². The van der Waals surface area contributed by atoms with Gasteiger partial charge in [0.05, 0.1) is 6.61 Å². The Bertz CT molecular complexity index is 143. The summed E-state index contributed by atoms with van der Waals surface area (Å²) >= 11 is 2.02. The smallest absolute Gasteiger partial charge is 0.0589 e. The summed E-state index contributed by atoms with van der Waals surface area (Å²) in [6.07, 6.45) is 6.38. The van der Waals surface area contributed by atoms with Crippen LogP contribution < -0.4 is 0 Å². The second kappa shape index (κ2) is 5.89. The number of methoxy groups -OCH3 is 1. The summed E-state index contributed by atoms with van der Waals surface area (Å²) in [7, 11) is 3.99. The highest BCUT2D eigenvalue weighted by Gasteiger charge is 2.29. The standard InChI is InChI=1S/C10H21NOS/c1-11(7-8-12-2)9-5-4-6-10(9)13-3/h9-10H,4-8H2,1-3H3/t9-,10-/m0/s1. The number of thioether (sulfide) groups is 1. The summed E-state index contributed by atoms with van der Waals surface area (Å²) in [4.78, 5) is 2.46. The highest BCUT2D eigenvalue weighted by Crippen LogP contribution is 2.31. The van der Waals surface area contributed by atoms with Gasteiger partial charge in [0.25, 0.3) is 0 Å². The van der Waals surface area contributed by atoms with Crippen molar-refractivity contribution in [2.24, 2.45) is 0 Å². The zero-order chi connectivity index (χ0) is 9.68. The molecule has 0 aromatic rings. The van der Waals surface area contributed by atoms with Gasteiger partial charge in [-0.3, -0.25) is 0 Å². The molecule has 0 saturated heterocycles. The van der Waals surface area contributed by atoms with E-state index in [1.807, 2.05) is 11.8 Å². The van der Waals surface area contributed by atoms with Crippen molar-refractivity contribution in [3.8, 4) is 0 Å². The largest absolute Gasteiger partial charge is 0.383 e. The van der Waals surface area contributed by atoms with E-state index in [0.29, 0.717) is 0 Å². The van der Waals surface area contributed by atoms with Gasteiger partial charge in [0.2, 0.25) is 0 Å². The fourth-order valence-electron chi connectivity index (χ4n) is 2.09. The SMILES string of the molecule is COCCN(C)[C@H]1CCC[C@@H]1SC. The Kier molecular flexibility index (Phi) is 5.14. The quantitative estimate of drug-likeness (QED) is 0.676. The van der Waals surface area contributed by atoms with Gasteiger partial charge >= 0.3 is 0 Å². The van der Waals surface area contributed by atoms with Crippen LogP contribution in [0.15, 0.2) is 0 Å². The molecule has 13 heavy (non-hydrogen) atoms. The Balaban J connectivity index is 2.31. The van der Waals surface area contributed by atoms with E-state index in [0.717, 1.165) is 24.4 Å². The highest BCUT2D eigenvalue weighted by molar-refractivity contribution is 7.99. The van der Waals surface area contributed by atoms with Gasteiger partial charge in [-0.15, -0.1) is 0 Å². The van der Waals surface area contributed by atoms with Crippen molar-refractivity contribution < 1.29 is 4.74 Å². The van der Waals surface area contributed by atoms with Crippen LogP contribution in [-0.2, 0) is 4.74 Å². The van der Waals surface area contributed by atoms with Crippen LogP contribution in [0.4, 0.5) is 0 Å². The molecule has 1 rings (SSSR count). The maximum atomic E-state index is 5.09. The van der Waals surface area contributed by atoms with Crippen LogP contribution in [0.2, 0.25) is 0 Å². The maximum absolute atomic E-state index is 5.09. The Morgan fingerprint density at radius 1 is 1.46 bits per heavy atom. The Labute approximate surface area is 86.0 Å². The number of hydrogen-bond acceptors (Lipinski definition) is 3. The average Bonchev–Trinajstić information content (AvgIpc) is 2.61. The molecule has 2 atom stereocenters. The molecule has 0 aliphatic heterocycles. The lowest BCUT2D eigenvalue weighted by atomic mass is 10.2. The number of rotatable bonds is 5. The molecule has 0 amide bonds. The van der Waals surface area contributed by atoms with Crippen molar-refractivity contribution in [2.45, 2.75) is 30.6 Å². The molecular formula is C10H21NOS. The fourth-order valence-corrected chi connectivity index (χ4v) is 3.15. The van der Waals surface area contributed by atoms with Gasteiger partial charge in [-0.1, -0.05) is 6.42 Å². The third-order valence-electron chi connectivity index (χ3n) is 2.93. The zero-order valence-corrected chi connectivity index (χ0v) is 9.77. The monoisotopic (exact) mass is 203 g/mol. The van der Waals surface area contributed by atoms with E-state index >= 15 is 0 Å². The molecule has 0 bridgehead atoms. The summed E-state index contributed by atoms with van der Waals surface area (Å²) in [5.74, 6) is 0. The molecule has 0 aromatic carbocycles. The Morgan fingerprint density at radius 3 is 2.85 bits per heavy atom. The van der Waals surface area contributed by atoms with E-state index in [2.05, 4.69) is 18.2 Å².